The molecule has 1 rings (SSSR count). The molecule has 0 aliphatic carbocycles. The number of hydrogen-bond donors (Lipinski definition) is 0. The number of Topliss-reactive ketones (excluding diaryl/α,β-unsaturated/α-hetero) is 1. The Hall–Kier alpha value is -1.12. The zero-order valence-corrected chi connectivity index (χ0v) is 9.53. The second-order valence-corrected chi connectivity index (χ2v) is 4.20. The quantitative estimate of drug-likeness (QED) is 0.693. The Kier molecular flexibility index (Phi) is 3.09. The molecule has 3 heteroatoms. The van der Waals surface area contributed by atoms with Crippen LogP contribution >= 0.6 is 0 Å². The van der Waals surface area contributed by atoms with Crippen molar-refractivity contribution in [3.8, 4) is 0 Å². The van der Waals surface area contributed by atoms with E-state index in [2.05, 4.69) is 18.9 Å². The number of rotatable bonds is 3. The Morgan fingerprint density at radius 1 is 1.36 bits per heavy atom. The van der Waals surface area contributed by atoms with Crippen molar-refractivity contribution in [1.82, 2.24) is 9.78 Å². The van der Waals surface area contributed by atoms with E-state index in [4.69, 9.17) is 0 Å². The van der Waals surface area contributed by atoms with Gasteiger partial charge in [0, 0.05) is 13.0 Å². The average Bonchev–Trinajstić information content (AvgIpc) is 2.47. The van der Waals surface area contributed by atoms with Gasteiger partial charge in [0.05, 0.1) is 5.69 Å². The normalized spacial score (nSPS) is 11.4. The van der Waals surface area contributed by atoms with Crippen LogP contribution in [0.1, 0.15) is 62.8 Å². The van der Waals surface area contributed by atoms with E-state index in [9.17, 15) is 4.79 Å². The number of carbonyl (C=O) groups is 1. The molecule has 0 aromatic carbocycles. The highest BCUT2D eigenvalue weighted by Gasteiger charge is 2.15. The molecule has 3 nitrogen and oxygen atoms in total. The van der Waals surface area contributed by atoms with Gasteiger partial charge in [-0.3, -0.25) is 9.48 Å². The van der Waals surface area contributed by atoms with E-state index in [1.165, 1.54) is 0 Å². The number of aromatic nitrogens is 2. The van der Waals surface area contributed by atoms with E-state index >= 15 is 0 Å². The van der Waals surface area contributed by atoms with E-state index < -0.39 is 0 Å². The molecular formula is C11H18N2O. The molecule has 1 aromatic rings. The van der Waals surface area contributed by atoms with Gasteiger partial charge in [-0.2, -0.15) is 5.10 Å². The minimum absolute atomic E-state index is 0.0816. The lowest BCUT2D eigenvalue weighted by atomic mass is 10.1. The molecule has 0 N–H and O–H groups in total. The first kappa shape index (κ1) is 11.0. The number of hydrogen-bond acceptors (Lipinski definition) is 2. The summed E-state index contributed by atoms with van der Waals surface area (Å²) in [7, 11) is 0. The van der Waals surface area contributed by atoms with Crippen molar-refractivity contribution in [2.45, 2.75) is 46.6 Å². The molecule has 0 unspecified atom stereocenters. The van der Waals surface area contributed by atoms with Gasteiger partial charge >= 0.3 is 0 Å². The topological polar surface area (TPSA) is 34.9 Å². The average molecular weight is 194 g/mol. The molecule has 0 spiro atoms. The van der Waals surface area contributed by atoms with Gasteiger partial charge in [0.2, 0.25) is 0 Å². The third-order valence-corrected chi connectivity index (χ3v) is 2.20. The van der Waals surface area contributed by atoms with Crippen molar-refractivity contribution in [3.63, 3.8) is 0 Å². The van der Waals surface area contributed by atoms with Gasteiger partial charge in [0.15, 0.2) is 5.78 Å². The number of nitrogens with zero attached hydrogens (tertiary/aromatic N) is 2. The molecule has 0 aliphatic heterocycles. The fraction of sp³-hybridized carbons (Fsp3) is 0.636. The third-order valence-electron chi connectivity index (χ3n) is 2.20. The maximum atomic E-state index is 11.3. The predicted octanol–water partition coefficient (Wildman–Crippen LogP) is 2.79. The first-order chi connectivity index (χ1) is 6.43. The Bertz CT molecular complexity index is 337. The van der Waals surface area contributed by atoms with E-state index in [1.807, 2.05) is 19.9 Å². The van der Waals surface area contributed by atoms with Crippen LogP contribution in [0.3, 0.4) is 0 Å². The molecule has 0 fully saturated rings. The Labute approximate surface area is 85.1 Å². The van der Waals surface area contributed by atoms with Crippen molar-refractivity contribution < 1.29 is 4.79 Å². The highest BCUT2D eigenvalue weighted by molar-refractivity contribution is 5.92. The first-order valence-corrected chi connectivity index (χ1v) is 5.03. The lowest BCUT2D eigenvalue weighted by molar-refractivity contribution is 0.100. The van der Waals surface area contributed by atoms with Gasteiger partial charge < -0.3 is 0 Å². The monoisotopic (exact) mass is 194 g/mol. The summed E-state index contributed by atoms with van der Waals surface area (Å²) in [4.78, 5) is 11.3. The fourth-order valence-corrected chi connectivity index (χ4v) is 1.35. The highest BCUT2D eigenvalue weighted by Crippen LogP contribution is 2.17. The Morgan fingerprint density at radius 3 is 2.21 bits per heavy atom. The summed E-state index contributed by atoms with van der Waals surface area (Å²) in [6, 6.07) is 2.13. The van der Waals surface area contributed by atoms with Crippen molar-refractivity contribution in [2.75, 3.05) is 0 Å². The zero-order valence-electron chi connectivity index (χ0n) is 9.53. The van der Waals surface area contributed by atoms with Gasteiger partial charge in [-0.25, -0.2) is 0 Å². The smallest absolute Gasteiger partial charge is 0.177 e. The van der Waals surface area contributed by atoms with Crippen molar-refractivity contribution in [1.29, 1.82) is 0 Å². The van der Waals surface area contributed by atoms with Gasteiger partial charge in [-0.15, -0.1) is 0 Å². The van der Waals surface area contributed by atoms with Crippen LogP contribution in [0.25, 0.3) is 0 Å². The number of carbonyl (C=O) groups excluding carboxylic acids is 1. The maximum absolute atomic E-state index is 11.3. The van der Waals surface area contributed by atoms with E-state index in [0.29, 0.717) is 11.6 Å². The van der Waals surface area contributed by atoms with E-state index in [1.54, 1.807) is 11.6 Å². The minimum atomic E-state index is 0.0816. The molecule has 0 amide bonds. The largest absolute Gasteiger partial charge is 0.293 e. The summed E-state index contributed by atoms with van der Waals surface area (Å²) in [6.07, 6.45) is 0. The summed E-state index contributed by atoms with van der Waals surface area (Å²) in [5.41, 5.74) is 1.70. The van der Waals surface area contributed by atoms with Crippen LogP contribution in [0.5, 0.6) is 0 Å². The lowest BCUT2D eigenvalue weighted by Crippen LogP contribution is -2.10. The molecule has 0 aliphatic rings. The van der Waals surface area contributed by atoms with Crippen molar-refractivity contribution >= 4 is 5.78 Å². The van der Waals surface area contributed by atoms with E-state index in [-0.39, 0.29) is 11.8 Å². The highest BCUT2D eigenvalue weighted by atomic mass is 16.1. The SMILES string of the molecule is CC(=O)c1cc(C(C)C)nn1C(C)C. The Morgan fingerprint density at radius 2 is 1.93 bits per heavy atom. The fourth-order valence-electron chi connectivity index (χ4n) is 1.35. The van der Waals surface area contributed by atoms with Gasteiger partial charge in [-0.1, -0.05) is 13.8 Å². The van der Waals surface area contributed by atoms with Gasteiger partial charge in [0.25, 0.3) is 0 Å². The van der Waals surface area contributed by atoms with Crippen molar-refractivity contribution in [3.05, 3.63) is 17.5 Å². The molecule has 0 saturated carbocycles. The summed E-state index contributed by atoms with van der Waals surface area (Å²) in [5, 5.41) is 4.43. The standard InChI is InChI=1S/C11H18N2O/c1-7(2)10-6-11(9(5)14)13(12-10)8(3)4/h6-8H,1-5H3. The van der Waals surface area contributed by atoms with E-state index in [0.717, 1.165) is 5.69 Å². The van der Waals surface area contributed by atoms with Crippen LogP contribution in [0.4, 0.5) is 0 Å². The third kappa shape index (κ3) is 2.03. The van der Waals surface area contributed by atoms with Crippen LogP contribution < -0.4 is 0 Å². The molecule has 1 aromatic heterocycles. The molecule has 14 heavy (non-hydrogen) atoms. The minimum Gasteiger partial charge on any atom is -0.293 e. The molecule has 78 valence electrons. The van der Waals surface area contributed by atoms with Gasteiger partial charge in [-0.05, 0) is 25.8 Å². The predicted molar refractivity (Wildman–Crippen MR) is 56.7 cm³/mol. The molecule has 0 saturated heterocycles. The molecule has 0 bridgehead atoms. The Balaban J connectivity index is 3.19. The van der Waals surface area contributed by atoms with Crippen molar-refractivity contribution in [2.24, 2.45) is 0 Å². The molecule has 0 radical (unpaired) electrons. The second-order valence-electron chi connectivity index (χ2n) is 4.20. The van der Waals surface area contributed by atoms with Crippen LogP contribution in [0.2, 0.25) is 0 Å². The summed E-state index contributed by atoms with van der Waals surface area (Å²) < 4.78 is 1.80. The molecule has 0 atom stereocenters. The van der Waals surface area contributed by atoms with Gasteiger partial charge in [0.1, 0.15) is 5.69 Å². The first-order valence-electron chi connectivity index (χ1n) is 5.03. The molecular weight excluding hydrogens is 176 g/mol. The van der Waals surface area contributed by atoms with Crippen LogP contribution in [-0.2, 0) is 0 Å². The zero-order chi connectivity index (χ0) is 10.9. The van der Waals surface area contributed by atoms with Crippen LogP contribution in [-0.4, -0.2) is 15.6 Å². The lowest BCUT2D eigenvalue weighted by Gasteiger charge is -2.08. The summed E-state index contributed by atoms with van der Waals surface area (Å²) in [6.45, 7) is 9.81. The summed E-state index contributed by atoms with van der Waals surface area (Å²) >= 11 is 0. The second kappa shape index (κ2) is 3.95. The maximum Gasteiger partial charge on any atom is 0.177 e. The van der Waals surface area contributed by atoms with Crippen LogP contribution in [0, 0.1) is 0 Å². The molecule has 1 heterocycles. The van der Waals surface area contributed by atoms with Crippen LogP contribution in [0.15, 0.2) is 6.07 Å². The summed E-state index contributed by atoms with van der Waals surface area (Å²) in [5.74, 6) is 0.450. The number of ketones is 1.